The third kappa shape index (κ3) is 3.97. The molecule has 1 saturated heterocycles. The minimum Gasteiger partial charge on any atom is -0.464 e. The predicted molar refractivity (Wildman–Crippen MR) is 121 cm³/mol. The number of hydrogen-bond acceptors (Lipinski definition) is 8. The van der Waals surface area contributed by atoms with E-state index in [4.69, 9.17) is 5.73 Å². The molecule has 0 unspecified atom stereocenters. The zero-order valence-corrected chi connectivity index (χ0v) is 17.4. The second-order valence-electron chi connectivity index (χ2n) is 7.52. The summed E-state index contributed by atoms with van der Waals surface area (Å²) in [6.45, 7) is 1.51. The molecule has 1 aromatic carbocycles. The van der Waals surface area contributed by atoms with Crippen molar-refractivity contribution in [2.24, 2.45) is 5.73 Å². The lowest BCUT2D eigenvalue weighted by Gasteiger charge is -2.30. The average molecular weight is 437 g/mol. The first-order valence-electron chi connectivity index (χ1n) is 10.1. The molecule has 1 aliphatic rings. The van der Waals surface area contributed by atoms with Gasteiger partial charge in [-0.2, -0.15) is 0 Å². The van der Waals surface area contributed by atoms with Crippen molar-refractivity contribution in [2.45, 2.75) is 18.9 Å². The molecule has 11 heteroatoms. The lowest BCUT2D eigenvalue weighted by molar-refractivity contribution is 0.102. The van der Waals surface area contributed by atoms with E-state index in [-0.39, 0.29) is 22.8 Å². The molecule has 0 saturated carbocycles. The topological polar surface area (TPSA) is 155 Å². The number of nitrogens with one attached hydrogen (secondary N) is 2. The van der Waals surface area contributed by atoms with Crippen molar-refractivity contribution in [3.8, 4) is 0 Å². The molecule has 11 nitrogen and oxygen atoms in total. The van der Waals surface area contributed by atoms with E-state index in [0.717, 1.165) is 25.9 Å². The van der Waals surface area contributed by atoms with Gasteiger partial charge < -0.3 is 26.4 Å². The van der Waals surface area contributed by atoms with Gasteiger partial charge in [0.1, 0.15) is 5.56 Å². The summed E-state index contributed by atoms with van der Waals surface area (Å²) in [4.78, 5) is 48.1. The van der Waals surface area contributed by atoms with Crippen LogP contribution in [-0.4, -0.2) is 57.8 Å². The van der Waals surface area contributed by atoms with Crippen LogP contribution in [0.3, 0.4) is 0 Å². The number of nitrogens with zero attached hydrogens (tertiary/aromatic N) is 4. The number of carboxylic acid groups (broad SMARTS) is 1. The van der Waals surface area contributed by atoms with Crippen molar-refractivity contribution in [3.63, 3.8) is 0 Å². The second-order valence-corrected chi connectivity index (χ2v) is 7.52. The van der Waals surface area contributed by atoms with Crippen LogP contribution in [0.1, 0.15) is 23.2 Å². The van der Waals surface area contributed by atoms with Gasteiger partial charge >= 0.3 is 6.09 Å². The number of hydrogen-bond donors (Lipinski definition) is 4. The molecular weight excluding hydrogens is 414 g/mol. The zero-order chi connectivity index (χ0) is 22.8. The van der Waals surface area contributed by atoms with E-state index in [0.29, 0.717) is 21.6 Å². The summed E-state index contributed by atoms with van der Waals surface area (Å²) >= 11 is 0. The minimum atomic E-state index is -1.48. The van der Waals surface area contributed by atoms with Crippen molar-refractivity contribution in [1.29, 1.82) is 0 Å². The van der Waals surface area contributed by atoms with E-state index in [1.807, 2.05) is 4.90 Å². The molecular formula is C21H23N7O4. The standard InChI is InChI=1S/C21H23N7O4/c1-23-16-4-2-3-12-9-15(19(30)28(17(12)16)21(31)32)18(29)26-14-10-24-20(25-11-14)27-7-5-13(22)6-8-27/h2-4,9-11,13,23H,5-8,22H2,1H3,(H,26,29)(H,31,32). The molecule has 32 heavy (non-hydrogen) atoms. The number of anilines is 3. The molecule has 0 radical (unpaired) electrons. The fourth-order valence-electron chi connectivity index (χ4n) is 3.76. The van der Waals surface area contributed by atoms with E-state index in [9.17, 15) is 19.5 Å². The van der Waals surface area contributed by atoms with Gasteiger partial charge in [0, 0.05) is 31.6 Å². The summed E-state index contributed by atoms with van der Waals surface area (Å²) in [5.41, 5.74) is 5.60. The number of piperidine rings is 1. The molecule has 1 aliphatic heterocycles. The van der Waals surface area contributed by atoms with Gasteiger partial charge in [0.2, 0.25) is 5.95 Å². The number of fused-ring (bicyclic) bond motifs is 1. The van der Waals surface area contributed by atoms with Crippen molar-refractivity contribution in [1.82, 2.24) is 14.5 Å². The number of benzene rings is 1. The third-order valence-corrected chi connectivity index (χ3v) is 5.45. The largest absolute Gasteiger partial charge is 0.464 e. The zero-order valence-electron chi connectivity index (χ0n) is 17.4. The number of rotatable bonds is 4. The van der Waals surface area contributed by atoms with Gasteiger partial charge in [-0.25, -0.2) is 19.3 Å². The molecule has 0 bridgehead atoms. The van der Waals surface area contributed by atoms with Crippen molar-refractivity contribution in [2.75, 3.05) is 35.7 Å². The molecule has 1 fully saturated rings. The number of carbonyl (C=O) groups is 2. The van der Waals surface area contributed by atoms with Gasteiger partial charge in [-0.15, -0.1) is 0 Å². The first kappa shape index (κ1) is 21.2. The molecule has 166 valence electrons. The van der Waals surface area contributed by atoms with Crippen LogP contribution in [0.15, 0.2) is 41.5 Å². The molecule has 0 spiro atoms. The van der Waals surface area contributed by atoms with Crippen molar-refractivity contribution >= 4 is 40.2 Å². The lowest BCUT2D eigenvalue weighted by Crippen LogP contribution is -2.40. The van der Waals surface area contributed by atoms with E-state index in [2.05, 4.69) is 20.6 Å². The molecule has 3 aromatic rings. The van der Waals surface area contributed by atoms with Crippen LogP contribution < -0.4 is 26.8 Å². The Labute approximate surface area is 182 Å². The number of aromatic nitrogens is 3. The van der Waals surface area contributed by atoms with Crippen LogP contribution in [0.25, 0.3) is 10.9 Å². The quantitative estimate of drug-likeness (QED) is 0.475. The summed E-state index contributed by atoms with van der Waals surface area (Å²) < 4.78 is 0.566. The molecule has 4 rings (SSSR count). The Kier molecular flexibility index (Phi) is 5.73. The van der Waals surface area contributed by atoms with Crippen LogP contribution in [0.4, 0.5) is 22.1 Å². The highest BCUT2D eigenvalue weighted by Crippen LogP contribution is 2.23. The minimum absolute atomic E-state index is 0.179. The van der Waals surface area contributed by atoms with Crippen LogP contribution in [0.5, 0.6) is 0 Å². The van der Waals surface area contributed by atoms with Crippen LogP contribution in [0.2, 0.25) is 0 Å². The Morgan fingerprint density at radius 3 is 2.50 bits per heavy atom. The summed E-state index contributed by atoms with van der Waals surface area (Å²) in [5.74, 6) is -0.213. The highest BCUT2D eigenvalue weighted by atomic mass is 16.4. The van der Waals surface area contributed by atoms with E-state index < -0.39 is 17.6 Å². The number of pyridine rings is 1. The Morgan fingerprint density at radius 2 is 1.88 bits per heavy atom. The van der Waals surface area contributed by atoms with Gasteiger partial charge in [-0.05, 0) is 25.0 Å². The number of amides is 1. The molecule has 5 N–H and O–H groups in total. The van der Waals surface area contributed by atoms with Gasteiger partial charge in [0.15, 0.2) is 0 Å². The van der Waals surface area contributed by atoms with Gasteiger partial charge in [0.05, 0.1) is 29.3 Å². The molecule has 1 amide bonds. The maximum absolute atomic E-state index is 12.9. The molecule has 0 atom stereocenters. The Bertz CT molecular complexity index is 1230. The summed E-state index contributed by atoms with van der Waals surface area (Å²) in [6.07, 6.45) is 3.13. The Balaban J connectivity index is 1.62. The smallest absolute Gasteiger partial charge is 0.419 e. The van der Waals surface area contributed by atoms with E-state index >= 15 is 0 Å². The number of nitrogens with two attached hydrogens (primary N) is 1. The van der Waals surface area contributed by atoms with Crippen LogP contribution >= 0.6 is 0 Å². The number of para-hydroxylation sites is 1. The summed E-state index contributed by atoms with van der Waals surface area (Å²) in [5, 5.41) is 15.5. The first-order chi connectivity index (χ1) is 15.4. The van der Waals surface area contributed by atoms with Crippen LogP contribution in [-0.2, 0) is 0 Å². The first-order valence-corrected chi connectivity index (χ1v) is 10.1. The van der Waals surface area contributed by atoms with Crippen LogP contribution in [0, 0.1) is 0 Å². The van der Waals surface area contributed by atoms with E-state index in [1.165, 1.54) is 18.5 Å². The predicted octanol–water partition coefficient (Wildman–Crippen LogP) is 1.54. The summed E-state index contributed by atoms with van der Waals surface area (Å²) in [6, 6.07) is 6.54. The maximum atomic E-state index is 12.9. The average Bonchev–Trinajstić information content (AvgIpc) is 2.79. The lowest BCUT2D eigenvalue weighted by atomic mass is 10.1. The Morgan fingerprint density at radius 1 is 1.19 bits per heavy atom. The van der Waals surface area contributed by atoms with Crippen molar-refractivity contribution < 1.29 is 14.7 Å². The van der Waals surface area contributed by atoms with Crippen molar-refractivity contribution in [3.05, 3.63) is 52.6 Å². The fraction of sp³-hybridized carbons (Fsp3) is 0.286. The van der Waals surface area contributed by atoms with Gasteiger partial charge in [-0.3, -0.25) is 9.59 Å². The number of carbonyl (C=O) groups excluding carboxylic acids is 1. The fourth-order valence-corrected chi connectivity index (χ4v) is 3.76. The summed E-state index contributed by atoms with van der Waals surface area (Å²) in [7, 11) is 1.62. The van der Waals surface area contributed by atoms with Gasteiger partial charge in [0.25, 0.3) is 11.5 Å². The molecule has 0 aliphatic carbocycles. The van der Waals surface area contributed by atoms with E-state index in [1.54, 1.807) is 25.2 Å². The SMILES string of the molecule is CNc1cccc2cc(C(=O)Nc3cnc(N4CCC(N)CC4)nc3)c(=O)n(C(=O)O)c12. The van der Waals surface area contributed by atoms with Gasteiger partial charge in [-0.1, -0.05) is 12.1 Å². The maximum Gasteiger partial charge on any atom is 0.419 e. The second kappa shape index (κ2) is 8.63. The normalized spacial score (nSPS) is 14.4. The highest BCUT2D eigenvalue weighted by molar-refractivity contribution is 6.07. The Hall–Kier alpha value is -3.99. The molecule has 3 heterocycles. The third-order valence-electron chi connectivity index (χ3n) is 5.45. The molecule has 2 aromatic heterocycles. The monoisotopic (exact) mass is 437 g/mol. The highest BCUT2D eigenvalue weighted by Gasteiger charge is 2.22.